The van der Waals surface area contributed by atoms with Gasteiger partial charge in [0.25, 0.3) is 0 Å². The van der Waals surface area contributed by atoms with Crippen molar-refractivity contribution in [3.63, 3.8) is 0 Å². The summed E-state index contributed by atoms with van der Waals surface area (Å²) < 4.78 is 0. The van der Waals surface area contributed by atoms with Crippen LogP contribution in [0.1, 0.15) is 59.3 Å². The molecule has 0 saturated heterocycles. The third-order valence-electron chi connectivity index (χ3n) is 4.79. The summed E-state index contributed by atoms with van der Waals surface area (Å²) in [5.41, 5.74) is 0.161. The largest absolute Gasteiger partial charge is 1.00 e. The number of rotatable bonds is 1. The molecular weight excluding hydrogens is 279 g/mol. The van der Waals surface area contributed by atoms with Crippen molar-refractivity contribution in [2.45, 2.75) is 59.3 Å². The molecule has 0 spiro atoms. The maximum Gasteiger partial charge on any atom is 1.00 e. The standard InChI is InChI=1S/C12H18O.C2H6O.C2H4O.Na.H2O/c1-8(13)12-5-9-2-10(6-12)4-11(3-9)7-12;2*1-2-3;;/h9-11H,2-7H2,1H3;3H,2H2,1H3;2H,1H3;;1H2/q;;;+1;/p-1. The van der Waals surface area contributed by atoms with Gasteiger partial charge in [0.1, 0.15) is 12.1 Å². The normalized spacial score (nSPS) is 34.0. The Morgan fingerprint density at radius 2 is 1.38 bits per heavy atom. The molecule has 2 N–H and O–H groups in total. The fourth-order valence-corrected chi connectivity index (χ4v) is 4.54. The summed E-state index contributed by atoms with van der Waals surface area (Å²) in [5.74, 6) is 3.23. The van der Waals surface area contributed by atoms with Crippen LogP contribution in [0, 0.1) is 23.2 Å². The fourth-order valence-electron chi connectivity index (χ4n) is 4.54. The quantitative estimate of drug-likeness (QED) is 0.538. The Hall–Kier alpha value is 0.260. The van der Waals surface area contributed by atoms with E-state index in [9.17, 15) is 4.79 Å². The second kappa shape index (κ2) is 10.9. The van der Waals surface area contributed by atoms with Gasteiger partial charge >= 0.3 is 29.6 Å². The van der Waals surface area contributed by atoms with Crippen molar-refractivity contribution in [3.05, 3.63) is 0 Å². The molecule has 118 valence electrons. The van der Waals surface area contributed by atoms with Gasteiger partial charge in [0.15, 0.2) is 0 Å². The molecule has 21 heavy (non-hydrogen) atoms. The van der Waals surface area contributed by atoms with Gasteiger partial charge in [0.2, 0.25) is 0 Å². The molecule has 0 aromatic rings. The molecule has 0 atom stereocenters. The SMILES string of the molecule is CC(=O)C12CC3CC(CC(C3)C1)C2.CC=O.CCO.[Na+].[OH-]. The minimum absolute atomic E-state index is 0. The number of aldehydes is 1. The van der Waals surface area contributed by atoms with Gasteiger partial charge in [0, 0.05) is 12.0 Å². The van der Waals surface area contributed by atoms with Crippen LogP contribution in [0.25, 0.3) is 0 Å². The van der Waals surface area contributed by atoms with Crippen LogP contribution < -0.4 is 29.6 Å². The van der Waals surface area contributed by atoms with Crippen molar-refractivity contribution in [2.75, 3.05) is 6.61 Å². The smallest absolute Gasteiger partial charge is 0.870 e. The minimum Gasteiger partial charge on any atom is -0.870 e. The van der Waals surface area contributed by atoms with Crippen LogP contribution in [0.3, 0.4) is 0 Å². The summed E-state index contributed by atoms with van der Waals surface area (Å²) in [5, 5.41) is 7.57. The first-order valence-corrected chi connectivity index (χ1v) is 7.53. The molecule has 0 aliphatic heterocycles. The average Bonchev–Trinajstić information content (AvgIpc) is 2.28. The van der Waals surface area contributed by atoms with Crippen molar-refractivity contribution >= 4 is 12.1 Å². The summed E-state index contributed by atoms with van der Waals surface area (Å²) in [7, 11) is 0. The van der Waals surface area contributed by atoms with Gasteiger partial charge in [-0.2, -0.15) is 0 Å². The molecule has 0 unspecified atom stereocenters. The number of ketones is 1. The van der Waals surface area contributed by atoms with Gasteiger partial charge in [0.05, 0.1) is 0 Å². The number of carbonyl (C=O) groups excluding carboxylic acids is 2. The molecule has 0 aromatic heterocycles. The Morgan fingerprint density at radius 1 is 1.14 bits per heavy atom. The molecule has 0 heterocycles. The van der Waals surface area contributed by atoms with E-state index in [0.29, 0.717) is 5.78 Å². The molecule has 4 bridgehead atoms. The molecule has 4 rings (SSSR count). The van der Waals surface area contributed by atoms with Crippen LogP contribution in [0.4, 0.5) is 0 Å². The van der Waals surface area contributed by atoms with Gasteiger partial charge in [-0.05, 0) is 77.0 Å². The van der Waals surface area contributed by atoms with Crippen molar-refractivity contribution in [1.82, 2.24) is 0 Å². The van der Waals surface area contributed by atoms with Crippen LogP contribution >= 0.6 is 0 Å². The zero-order chi connectivity index (χ0) is 14.5. The van der Waals surface area contributed by atoms with Crippen molar-refractivity contribution in [1.29, 1.82) is 0 Å². The third kappa shape index (κ3) is 6.11. The van der Waals surface area contributed by atoms with E-state index in [2.05, 4.69) is 0 Å². The molecule has 4 nitrogen and oxygen atoms in total. The molecule has 0 radical (unpaired) electrons. The summed E-state index contributed by atoms with van der Waals surface area (Å²) >= 11 is 0. The Kier molecular flexibility index (Phi) is 12.2. The Morgan fingerprint density at radius 3 is 1.57 bits per heavy atom. The van der Waals surface area contributed by atoms with Gasteiger partial charge in [-0.3, -0.25) is 4.79 Å². The van der Waals surface area contributed by atoms with Crippen LogP contribution in [-0.2, 0) is 9.59 Å². The summed E-state index contributed by atoms with van der Waals surface area (Å²) in [6.07, 6.45) is 8.75. The Balaban J connectivity index is 0. The van der Waals surface area contributed by atoms with E-state index in [-0.39, 0.29) is 47.1 Å². The third-order valence-corrected chi connectivity index (χ3v) is 4.79. The van der Waals surface area contributed by atoms with Crippen molar-refractivity contribution in [3.8, 4) is 0 Å². The summed E-state index contributed by atoms with van der Waals surface area (Å²) in [6, 6.07) is 0. The molecule has 5 heteroatoms. The van der Waals surface area contributed by atoms with Crippen LogP contribution in [0.5, 0.6) is 0 Å². The first-order chi connectivity index (χ1) is 9.01. The van der Waals surface area contributed by atoms with E-state index in [1.54, 1.807) is 6.92 Å². The molecular formula is C16H29NaO4. The predicted octanol–water partition coefficient (Wildman–Crippen LogP) is -0.177. The van der Waals surface area contributed by atoms with Crippen molar-refractivity contribution in [2.24, 2.45) is 23.2 Å². The zero-order valence-electron chi connectivity index (χ0n) is 14.0. The van der Waals surface area contributed by atoms with Crippen LogP contribution in [0.2, 0.25) is 0 Å². The topological polar surface area (TPSA) is 84.4 Å². The summed E-state index contributed by atoms with van der Waals surface area (Å²) in [4.78, 5) is 20.5. The second-order valence-electron chi connectivity index (χ2n) is 6.31. The van der Waals surface area contributed by atoms with Crippen LogP contribution in [0.15, 0.2) is 0 Å². The van der Waals surface area contributed by atoms with Gasteiger partial charge < -0.3 is 15.4 Å². The number of Topliss-reactive ketones (excluding diaryl/α,β-unsaturated/α-hetero) is 1. The minimum atomic E-state index is 0. The van der Waals surface area contributed by atoms with E-state index in [1.807, 2.05) is 6.92 Å². The number of carbonyl (C=O) groups is 2. The predicted molar refractivity (Wildman–Crippen MR) is 77.7 cm³/mol. The van der Waals surface area contributed by atoms with E-state index >= 15 is 0 Å². The molecule has 4 aliphatic rings. The maximum absolute atomic E-state index is 11.7. The van der Waals surface area contributed by atoms with Gasteiger partial charge in [-0.15, -0.1) is 0 Å². The van der Waals surface area contributed by atoms with Crippen molar-refractivity contribution < 1.29 is 49.7 Å². The van der Waals surface area contributed by atoms with E-state index in [0.717, 1.165) is 24.0 Å². The average molecular weight is 308 g/mol. The number of hydrogen-bond donors (Lipinski definition) is 1. The van der Waals surface area contributed by atoms with E-state index in [4.69, 9.17) is 9.90 Å². The molecule has 4 saturated carbocycles. The number of aliphatic hydroxyl groups excluding tert-OH is 1. The zero-order valence-corrected chi connectivity index (χ0v) is 16.0. The molecule has 4 fully saturated rings. The van der Waals surface area contributed by atoms with E-state index in [1.165, 1.54) is 45.4 Å². The number of hydrogen-bond acceptors (Lipinski definition) is 4. The second-order valence-corrected chi connectivity index (χ2v) is 6.31. The van der Waals surface area contributed by atoms with Gasteiger partial charge in [-0.25, -0.2) is 0 Å². The van der Waals surface area contributed by atoms with Crippen LogP contribution in [-0.4, -0.2) is 29.3 Å². The molecule has 0 amide bonds. The monoisotopic (exact) mass is 308 g/mol. The van der Waals surface area contributed by atoms with E-state index < -0.39 is 0 Å². The maximum atomic E-state index is 11.7. The fraction of sp³-hybridized carbons (Fsp3) is 0.875. The Labute approximate surface area is 150 Å². The molecule has 4 aliphatic carbocycles. The van der Waals surface area contributed by atoms with Gasteiger partial charge in [-0.1, -0.05) is 0 Å². The first kappa shape index (κ1) is 23.5. The first-order valence-electron chi connectivity index (χ1n) is 7.53. The molecule has 0 aromatic carbocycles. The summed E-state index contributed by atoms with van der Waals surface area (Å²) in [6.45, 7) is 5.20. The number of aliphatic hydroxyl groups is 1. The Bertz CT molecular complexity index is 282.